The van der Waals surface area contributed by atoms with Crippen molar-refractivity contribution in [2.75, 3.05) is 19.0 Å². The zero-order valence-electron chi connectivity index (χ0n) is 12.5. The molecule has 0 fully saturated rings. The van der Waals surface area contributed by atoms with Gasteiger partial charge in [0.15, 0.2) is 0 Å². The Morgan fingerprint density at radius 1 is 1.39 bits per heavy atom. The van der Waals surface area contributed by atoms with Gasteiger partial charge in [0.05, 0.1) is 18.4 Å². The van der Waals surface area contributed by atoms with Crippen LogP contribution in [0.5, 0.6) is 0 Å². The van der Waals surface area contributed by atoms with Crippen LogP contribution >= 0.6 is 11.6 Å². The third kappa shape index (κ3) is 3.42. The Morgan fingerprint density at radius 2 is 2.22 bits per heavy atom. The molecule has 120 valence electrons. The Morgan fingerprint density at radius 3 is 3.00 bits per heavy atom. The highest BCUT2D eigenvalue weighted by Crippen LogP contribution is 2.23. The van der Waals surface area contributed by atoms with E-state index in [0.717, 1.165) is 5.69 Å². The number of hydrogen-bond acceptors (Lipinski definition) is 6. The molecule has 0 aliphatic heterocycles. The standard InChI is InChI=1S/C15H16ClN5O2/c1-23-8-10-6-14(21-15(20-10)18-9-19-21)17-7-13(22)11-4-2-3-5-12(11)16/h2-6,9,13,17,22H,7-8H2,1H3. The average Bonchev–Trinajstić information content (AvgIpc) is 3.01. The molecule has 0 spiro atoms. The van der Waals surface area contributed by atoms with E-state index in [1.807, 2.05) is 18.2 Å². The van der Waals surface area contributed by atoms with Crippen LogP contribution in [-0.2, 0) is 11.3 Å². The van der Waals surface area contributed by atoms with Gasteiger partial charge in [-0.05, 0) is 6.07 Å². The van der Waals surface area contributed by atoms with Crippen molar-refractivity contribution in [1.29, 1.82) is 0 Å². The molecule has 1 unspecified atom stereocenters. The van der Waals surface area contributed by atoms with Gasteiger partial charge in [-0.15, -0.1) is 0 Å². The lowest BCUT2D eigenvalue weighted by molar-refractivity contribution is 0.181. The molecule has 0 aliphatic carbocycles. The second kappa shape index (κ2) is 6.91. The number of nitrogens with zero attached hydrogens (tertiary/aromatic N) is 4. The van der Waals surface area contributed by atoms with Crippen molar-refractivity contribution < 1.29 is 9.84 Å². The molecule has 0 saturated carbocycles. The third-order valence-electron chi connectivity index (χ3n) is 3.34. The first-order valence-corrected chi connectivity index (χ1v) is 7.42. The van der Waals surface area contributed by atoms with Gasteiger partial charge in [0, 0.05) is 30.3 Å². The van der Waals surface area contributed by atoms with Crippen LogP contribution in [0.4, 0.5) is 5.82 Å². The summed E-state index contributed by atoms with van der Waals surface area (Å²) in [5.74, 6) is 1.14. The highest BCUT2D eigenvalue weighted by molar-refractivity contribution is 6.31. The minimum absolute atomic E-state index is 0.273. The minimum Gasteiger partial charge on any atom is -0.387 e. The van der Waals surface area contributed by atoms with Gasteiger partial charge in [-0.1, -0.05) is 29.8 Å². The molecule has 23 heavy (non-hydrogen) atoms. The smallest absolute Gasteiger partial charge is 0.254 e. The molecule has 1 atom stereocenters. The number of methoxy groups -OCH3 is 1. The van der Waals surface area contributed by atoms with E-state index in [1.165, 1.54) is 6.33 Å². The zero-order valence-corrected chi connectivity index (χ0v) is 13.2. The normalized spacial score (nSPS) is 12.5. The van der Waals surface area contributed by atoms with Gasteiger partial charge in [-0.3, -0.25) is 0 Å². The number of aromatic nitrogens is 4. The maximum atomic E-state index is 10.3. The van der Waals surface area contributed by atoms with Gasteiger partial charge in [-0.25, -0.2) is 4.98 Å². The molecular weight excluding hydrogens is 318 g/mol. The predicted molar refractivity (Wildman–Crippen MR) is 86.4 cm³/mol. The van der Waals surface area contributed by atoms with E-state index in [4.69, 9.17) is 16.3 Å². The van der Waals surface area contributed by atoms with Crippen molar-refractivity contribution in [2.45, 2.75) is 12.7 Å². The predicted octanol–water partition coefficient (Wildman–Crippen LogP) is 2.07. The molecule has 3 rings (SSSR count). The van der Waals surface area contributed by atoms with Crippen molar-refractivity contribution in [2.24, 2.45) is 0 Å². The summed E-state index contributed by atoms with van der Waals surface area (Å²) in [6.45, 7) is 0.639. The molecule has 7 nitrogen and oxygen atoms in total. The number of anilines is 1. The first kappa shape index (κ1) is 15.7. The van der Waals surface area contributed by atoms with Crippen molar-refractivity contribution in [3.63, 3.8) is 0 Å². The second-order valence-electron chi connectivity index (χ2n) is 4.96. The fourth-order valence-electron chi connectivity index (χ4n) is 2.27. The van der Waals surface area contributed by atoms with E-state index < -0.39 is 6.10 Å². The fourth-order valence-corrected chi connectivity index (χ4v) is 2.53. The van der Waals surface area contributed by atoms with Crippen molar-refractivity contribution in [3.8, 4) is 0 Å². The summed E-state index contributed by atoms with van der Waals surface area (Å²) in [7, 11) is 1.60. The largest absolute Gasteiger partial charge is 0.387 e. The molecule has 0 amide bonds. The summed E-state index contributed by atoms with van der Waals surface area (Å²) < 4.78 is 6.67. The summed E-state index contributed by atoms with van der Waals surface area (Å²) in [6.07, 6.45) is 0.676. The van der Waals surface area contributed by atoms with E-state index in [1.54, 1.807) is 23.8 Å². The first-order chi connectivity index (χ1) is 11.2. The molecule has 2 heterocycles. The van der Waals surface area contributed by atoms with Crippen LogP contribution in [0.25, 0.3) is 5.78 Å². The monoisotopic (exact) mass is 333 g/mol. The van der Waals surface area contributed by atoms with E-state index in [2.05, 4.69) is 20.4 Å². The number of ether oxygens (including phenoxy) is 1. The highest BCUT2D eigenvalue weighted by atomic mass is 35.5. The van der Waals surface area contributed by atoms with Gasteiger partial charge < -0.3 is 15.2 Å². The van der Waals surface area contributed by atoms with Crippen LogP contribution in [0.15, 0.2) is 36.7 Å². The Bertz CT molecular complexity index is 807. The number of fused-ring (bicyclic) bond motifs is 1. The molecule has 0 radical (unpaired) electrons. The molecule has 0 aliphatic rings. The summed E-state index contributed by atoms with van der Waals surface area (Å²) in [4.78, 5) is 8.41. The zero-order chi connectivity index (χ0) is 16.2. The Balaban J connectivity index is 1.81. The van der Waals surface area contributed by atoms with Gasteiger partial charge in [0.1, 0.15) is 12.1 Å². The molecule has 2 N–H and O–H groups in total. The quantitative estimate of drug-likeness (QED) is 0.718. The van der Waals surface area contributed by atoms with Crippen LogP contribution < -0.4 is 5.32 Å². The van der Waals surface area contributed by atoms with Crippen LogP contribution in [-0.4, -0.2) is 38.3 Å². The lowest BCUT2D eigenvalue weighted by Gasteiger charge is -2.15. The summed E-state index contributed by atoms with van der Waals surface area (Å²) in [5, 5.41) is 18.1. The Labute approximate surface area is 137 Å². The van der Waals surface area contributed by atoms with Crippen LogP contribution in [0, 0.1) is 0 Å². The number of benzene rings is 1. The van der Waals surface area contributed by atoms with E-state index in [-0.39, 0.29) is 6.54 Å². The third-order valence-corrected chi connectivity index (χ3v) is 3.68. The second-order valence-corrected chi connectivity index (χ2v) is 5.36. The molecule has 8 heteroatoms. The molecule has 1 aromatic carbocycles. The minimum atomic E-state index is -0.749. The Hall–Kier alpha value is -2.22. The van der Waals surface area contributed by atoms with Gasteiger partial charge in [0.25, 0.3) is 5.78 Å². The highest BCUT2D eigenvalue weighted by Gasteiger charge is 2.13. The molecule has 0 saturated heterocycles. The Kier molecular flexibility index (Phi) is 4.71. The average molecular weight is 334 g/mol. The lowest BCUT2D eigenvalue weighted by atomic mass is 10.1. The van der Waals surface area contributed by atoms with Crippen LogP contribution in [0.1, 0.15) is 17.4 Å². The molecular formula is C15H16ClN5O2. The van der Waals surface area contributed by atoms with Crippen molar-refractivity contribution >= 4 is 23.2 Å². The van der Waals surface area contributed by atoms with Crippen LogP contribution in [0.3, 0.4) is 0 Å². The molecule has 2 aromatic heterocycles. The maximum absolute atomic E-state index is 10.3. The topological polar surface area (TPSA) is 84.6 Å². The molecule has 0 bridgehead atoms. The number of aliphatic hydroxyl groups is 1. The summed E-state index contributed by atoms with van der Waals surface area (Å²) in [5.41, 5.74) is 1.39. The number of aliphatic hydroxyl groups excluding tert-OH is 1. The van der Waals surface area contributed by atoms with Crippen molar-refractivity contribution in [3.05, 3.63) is 52.9 Å². The SMILES string of the molecule is COCc1cc(NCC(O)c2ccccc2Cl)n2ncnc2n1. The molecule has 3 aromatic rings. The van der Waals surface area contributed by atoms with Crippen LogP contribution in [0.2, 0.25) is 5.02 Å². The fraction of sp³-hybridized carbons (Fsp3) is 0.267. The van der Waals surface area contributed by atoms with Crippen molar-refractivity contribution in [1.82, 2.24) is 19.6 Å². The van der Waals surface area contributed by atoms with E-state index >= 15 is 0 Å². The van der Waals surface area contributed by atoms with Gasteiger partial charge in [-0.2, -0.15) is 14.6 Å². The van der Waals surface area contributed by atoms with Gasteiger partial charge >= 0.3 is 0 Å². The number of hydrogen-bond donors (Lipinski definition) is 2. The summed E-state index contributed by atoms with van der Waals surface area (Å²) >= 11 is 6.10. The lowest BCUT2D eigenvalue weighted by Crippen LogP contribution is -2.15. The summed E-state index contributed by atoms with van der Waals surface area (Å²) in [6, 6.07) is 9.01. The first-order valence-electron chi connectivity index (χ1n) is 7.04. The van der Waals surface area contributed by atoms with E-state index in [0.29, 0.717) is 28.8 Å². The number of nitrogens with one attached hydrogen (secondary N) is 1. The number of halogens is 1. The number of rotatable bonds is 6. The van der Waals surface area contributed by atoms with Gasteiger partial charge in [0.2, 0.25) is 0 Å². The van der Waals surface area contributed by atoms with E-state index in [9.17, 15) is 5.11 Å². The maximum Gasteiger partial charge on any atom is 0.254 e.